The lowest BCUT2D eigenvalue weighted by Gasteiger charge is -2.33. The number of nitrogens with zero attached hydrogens (tertiary/aromatic N) is 4. The first-order chi connectivity index (χ1) is 8.31. The summed E-state index contributed by atoms with van der Waals surface area (Å²) in [6, 6.07) is 0.604. The van der Waals surface area contributed by atoms with E-state index in [2.05, 4.69) is 15.0 Å². The van der Waals surface area contributed by atoms with Gasteiger partial charge in [0.05, 0.1) is 13.2 Å². The lowest BCUT2D eigenvalue weighted by atomic mass is 9.94. The van der Waals surface area contributed by atoms with Crippen molar-refractivity contribution < 1.29 is 5.11 Å². The maximum Gasteiger partial charge on any atom is 0.140 e. The van der Waals surface area contributed by atoms with Crippen molar-refractivity contribution in [3.63, 3.8) is 0 Å². The highest BCUT2D eigenvalue weighted by atomic mass is 16.3. The lowest BCUT2D eigenvalue weighted by molar-refractivity contribution is 0.113. The first-order valence-electron chi connectivity index (χ1n) is 6.49. The largest absolute Gasteiger partial charge is 0.395 e. The minimum Gasteiger partial charge on any atom is -0.395 e. The van der Waals surface area contributed by atoms with Crippen molar-refractivity contribution in [3.05, 3.63) is 12.2 Å². The van der Waals surface area contributed by atoms with E-state index >= 15 is 0 Å². The molecule has 1 aromatic rings. The Morgan fingerprint density at radius 2 is 2.18 bits per heavy atom. The molecular weight excluding hydrogens is 216 g/mol. The molecule has 0 atom stereocenters. The summed E-state index contributed by atoms with van der Waals surface area (Å²) in [6.45, 7) is 1.74. The molecule has 0 bridgehead atoms. The average molecular weight is 238 g/mol. The molecule has 1 saturated carbocycles. The predicted octanol–water partition coefficient (Wildman–Crippen LogP) is 0.942. The van der Waals surface area contributed by atoms with Gasteiger partial charge in [0.25, 0.3) is 0 Å². The fraction of sp³-hybridized carbons (Fsp3) is 0.833. The highest BCUT2D eigenvalue weighted by molar-refractivity contribution is 4.86. The Labute approximate surface area is 102 Å². The Morgan fingerprint density at radius 1 is 1.41 bits per heavy atom. The molecule has 1 heterocycles. The van der Waals surface area contributed by atoms with Gasteiger partial charge in [0.2, 0.25) is 0 Å². The molecule has 1 aliphatic carbocycles. The van der Waals surface area contributed by atoms with Gasteiger partial charge < -0.3 is 5.11 Å². The number of rotatable bonds is 5. The van der Waals surface area contributed by atoms with Gasteiger partial charge >= 0.3 is 0 Å². The quantitative estimate of drug-likeness (QED) is 0.829. The van der Waals surface area contributed by atoms with E-state index in [1.54, 1.807) is 6.33 Å². The molecule has 0 aliphatic heterocycles. The molecular formula is C12H22N4O. The molecule has 1 N–H and O–H groups in total. The van der Waals surface area contributed by atoms with E-state index in [0.717, 1.165) is 18.9 Å². The van der Waals surface area contributed by atoms with Crippen LogP contribution in [0.3, 0.4) is 0 Å². The van der Waals surface area contributed by atoms with Crippen molar-refractivity contribution in [1.82, 2.24) is 19.7 Å². The summed E-state index contributed by atoms with van der Waals surface area (Å²) in [7, 11) is 1.92. The number of aliphatic hydroxyl groups is 1. The molecule has 0 saturated heterocycles. The SMILES string of the molecule is Cn1ncnc1CN(CCO)C1CCCCC1. The average Bonchev–Trinajstić information content (AvgIpc) is 2.76. The normalized spacial score (nSPS) is 17.8. The smallest absolute Gasteiger partial charge is 0.140 e. The van der Waals surface area contributed by atoms with Gasteiger partial charge in [-0.1, -0.05) is 19.3 Å². The molecule has 1 fully saturated rings. The molecule has 1 aliphatic rings. The summed E-state index contributed by atoms with van der Waals surface area (Å²) in [6.07, 6.45) is 8.06. The van der Waals surface area contributed by atoms with Gasteiger partial charge in [0.15, 0.2) is 0 Å². The van der Waals surface area contributed by atoms with Crippen molar-refractivity contribution >= 4 is 0 Å². The molecule has 1 aromatic heterocycles. The number of aryl methyl sites for hydroxylation is 1. The van der Waals surface area contributed by atoms with Crippen LogP contribution in [0.1, 0.15) is 37.9 Å². The van der Waals surface area contributed by atoms with Crippen molar-refractivity contribution in [2.24, 2.45) is 7.05 Å². The molecule has 0 unspecified atom stereocenters. The van der Waals surface area contributed by atoms with Gasteiger partial charge in [0.1, 0.15) is 12.2 Å². The van der Waals surface area contributed by atoms with Crippen LogP contribution < -0.4 is 0 Å². The maximum absolute atomic E-state index is 9.18. The third kappa shape index (κ3) is 3.26. The first kappa shape index (κ1) is 12.5. The van der Waals surface area contributed by atoms with E-state index < -0.39 is 0 Å². The zero-order chi connectivity index (χ0) is 12.1. The molecule has 2 rings (SSSR count). The first-order valence-corrected chi connectivity index (χ1v) is 6.49. The van der Waals surface area contributed by atoms with E-state index in [1.807, 2.05) is 11.7 Å². The summed E-state index contributed by atoms with van der Waals surface area (Å²) in [5.41, 5.74) is 0. The van der Waals surface area contributed by atoms with E-state index in [4.69, 9.17) is 0 Å². The predicted molar refractivity (Wildman–Crippen MR) is 65.4 cm³/mol. The summed E-state index contributed by atoms with van der Waals surface area (Å²) in [4.78, 5) is 6.61. The van der Waals surface area contributed by atoms with Crippen molar-refractivity contribution in [3.8, 4) is 0 Å². The maximum atomic E-state index is 9.18. The zero-order valence-electron chi connectivity index (χ0n) is 10.5. The summed E-state index contributed by atoms with van der Waals surface area (Å²) >= 11 is 0. The Bertz CT molecular complexity index is 333. The fourth-order valence-electron chi connectivity index (χ4n) is 2.61. The van der Waals surface area contributed by atoms with E-state index in [0.29, 0.717) is 6.04 Å². The molecule has 96 valence electrons. The van der Waals surface area contributed by atoms with E-state index in [-0.39, 0.29) is 6.61 Å². The minimum absolute atomic E-state index is 0.217. The van der Waals surface area contributed by atoms with Gasteiger partial charge in [-0.2, -0.15) is 5.10 Å². The monoisotopic (exact) mass is 238 g/mol. The molecule has 17 heavy (non-hydrogen) atoms. The van der Waals surface area contributed by atoms with Crippen LogP contribution in [-0.2, 0) is 13.6 Å². The molecule has 5 heteroatoms. The van der Waals surface area contributed by atoms with Crippen LogP contribution in [-0.4, -0.2) is 44.0 Å². The van der Waals surface area contributed by atoms with Gasteiger partial charge in [0, 0.05) is 19.6 Å². The van der Waals surface area contributed by atoms with Gasteiger partial charge in [-0.15, -0.1) is 0 Å². The third-order valence-electron chi connectivity index (χ3n) is 3.63. The topological polar surface area (TPSA) is 54.2 Å². The Hall–Kier alpha value is -0.940. The van der Waals surface area contributed by atoms with Crippen LogP contribution >= 0.6 is 0 Å². The zero-order valence-corrected chi connectivity index (χ0v) is 10.5. The Balaban J connectivity index is 1.98. The van der Waals surface area contributed by atoms with Crippen LogP contribution in [0.25, 0.3) is 0 Å². The highest BCUT2D eigenvalue weighted by Gasteiger charge is 2.21. The molecule has 0 amide bonds. The number of hydrogen-bond acceptors (Lipinski definition) is 4. The van der Waals surface area contributed by atoms with Crippen molar-refractivity contribution in [2.45, 2.75) is 44.7 Å². The second kappa shape index (κ2) is 6.12. The summed E-state index contributed by atoms with van der Waals surface area (Å²) in [5, 5.41) is 13.3. The van der Waals surface area contributed by atoms with Gasteiger partial charge in [-0.25, -0.2) is 4.98 Å². The van der Waals surface area contributed by atoms with Crippen LogP contribution in [0.5, 0.6) is 0 Å². The van der Waals surface area contributed by atoms with Crippen LogP contribution in [0, 0.1) is 0 Å². The lowest BCUT2D eigenvalue weighted by Crippen LogP contribution is -2.38. The second-order valence-electron chi connectivity index (χ2n) is 4.79. The van der Waals surface area contributed by atoms with Gasteiger partial charge in [-0.05, 0) is 12.8 Å². The van der Waals surface area contributed by atoms with E-state index in [1.165, 1.54) is 32.1 Å². The summed E-state index contributed by atoms with van der Waals surface area (Å²) < 4.78 is 1.81. The number of aliphatic hydroxyl groups excluding tert-OH is 1. The van der Waals surface area contributed by atoms with Crippen LogP contribution in [0.4, 0.5) is 0 Å². The summed E-state index contributed by atoms with van der Waals surface area (Å²) in [5.74, 6) is 0.976. The molecule has 0 aromatic carbocycles. The van der Waals surface area contributed by atoms with Gasteiger partial charge in [-0.3, -0.25) is 9.58 Å². The third-order valence-corrected chi connectivity index (χ3v) is 3.63. The molecule has 0 spiro atoms. The van der Waals surface area contributed by atoms with Crippen LogP contribution in [0.2, 0.25) is 0 Å². The highest BCUT2D eigenvalue weighted by Crippen LogP contribution is 2.23. The standard InChI is InChI=1S/C12H22N4O/c1-15-12(13-10-14-15)9-16(7-8-17)11-5-3-2-4-6-11/h10-11,17H,2-9H2,1H3. The van der Waals surface area contributed by atoms with Crippen LogP contribution in [0.15, 0.2) is 6.33 Å². The van der Waals surface area contributed by atoms with Crippen molar-refractivity contribution in [2.75, 3.05) is 13.2 Å². The second-order valence-corrected chi connectivity index (χ2v) is 4.79. The fourth-order valence-corrected chi connectivity index (χ4v) is 2.61. The van der Waals surface area contributed by atoms with Crippen molar-refractivity contribution in [1.29, 1.82) is 0 Å². The Kier molecular flexibility index (Phi) is 4.50. The minimum atomic E-state index is 0.217. The number of hydrogen-bond donors (Lipinski definition) is 1. The van der Waals surface area contributed by atoms with E-state index in [9.17, 15) is 5.11 Å². The molecule has 5 nitrogen and oxygen atoms in total. The Morgan fingerprint density at radius 3 is 2.76 bits per heavy atom. The molecule has 0 radical (unpaired) electrons. The number of aromatic nitrogens is 3.